The molecule has 1 amide bonds. The Bertz CT molecular complexity index is 1250. The van der Waals surface area contributed by atoms with E-state index in [-0.39, 0.29) is 5.91 Å². The van der Waals surface area contributed by atoms with E-state index in [1.165, 1.54) is 0 Å². The van der Waals surface area contributed by atoms with E-state index in [1.54, 1.807) is 30.1 Å². The quantitative estimate of drug-likeness (QED) is 0.307. The molecule has 3 aromatic carbocycles. The number of aromatic nitrogens is 1. The van der Waals surface area contributed by atoms with Crippen molar-refractivity contribution >= 4 is 46.6 Å². The van der Waals surface area contributed by atoms with Gasteiger partial charge in [0.1, 0.15) is 0 Å². The number of benzene rings is 3. The molecule has 0 spiro atoms. The number of hydrogen-bond donors (Lipinski definition) is 1. The molecule has 0 bridgehead atoms. The summed E-state index contributed by atoms with van der Waals surface area (Å²) in [6.07, 6.45) is 3.74. The highest BCUT2D eigenvalue weighted by atomic mass is 35.5. The van der Waals surface area contributed by atoms with Crippen LogP contribution in [0.1, 0.15) is 10.4 Å². The minimum Gasteiger partial charge on any atom is -0.322 e. The summed E-state index contributed by atoms with van der Waals surface area (Å²) in [7, 11) is 0. The lowest BCUT2D eigenvalue weighted by atomic mass is 9.99. The third kappa shape index (κ3) is 4.93. The molecule has 0 aliphatic carbocycles. The zero-order valence-corrected chi connectivity index (χ0v) is 18.9. The molecule has 154 valence electrons. The first-order valence-electron chi connectivity index (χ1n) is 9.51. The number of carbonyl (C=O) groups excluding carboxylic acids is 1. The first kappa shape index (κ1) is 21.4. The third-order valence-electron chi connectivity index (χ3n) is 4.78. The van der Waals surface area contributed by atoms with Crippen LogP contribution in [0.4, 0.5) is 5.69 Å². The summed E-state index contributed by atoms with van der Waals surface area (Å²) >= 11 is 13.9. The molecule has 0 saturated heterocycles. The normalized spacial score (nSPS) is 10.7. The predicted molar refractivity (Wildman–Crippen MR) is 131 cm³/mol. The number of pyridine rings is 1. The number of rotatable bonds is 5. The van der Waals surface area contributed by atoms with Gasteiger partial charge in [0.2, 0.25) is 0 Å². The number of halogens is 2. The summed E-state index contributed by atoms with van der Waals surface area (Å²) in [4.78, 5) is 18.6. The lowest BCUT2D eigenvalue weighted by Gasteiger charge is -2.13. The van der Waals surface area contributed by atoms with Gasteiger partial charge in [-0.3, -0.25) is 9.78 Å². The number of thioether (sulfide) groups is 1. The number of carbonyl (C=O) groups is 1. The second kappa shape index (κ2) is 9.56. The maximum atomic E-state index is 13.2. The van der Waals surface area contributed by atoms with Crippen molar-refractivity contribution in [2.45, 2.75) is 4.90 Å². The van der Waals surface area contributed by atoms with Crippen LogP contribution in [0, 0.1) is 0 Å². The van der Waals surface area contributed by atoms with Crippen LogP contribution in [0.15, 0.2) is 90.0 Å². The van der Waals surface area contributed by atoms with Gasteiger partial charge < -0.3 is 5.32 Å². The van der Waals surface area contributed by atoms with Crippen molar-refractivity contribution in [2.24, 2.45) is 0 Å². The molecule has 0 radical (unpaired) electrons. The van der Waals surface area contributed by atoms with Crippen LogP contribution in [0.3, 0.4) is 0 Å². The maximum Gasteiger partial charge on any atom is 0.256 e. The fraction of sp³-hybridized carbons (Fsp3) is 0.0400. The molecule has 0 atom stereocenters. The summed E-state index contributed by atoms with van der Waals surface area (Å²) in [5, 5.41) is 3.93. The van der Waals surface area contributed by atoms with Crippen LogP contribution < -0.4 is 5.32 Å². The van der Waals surface area contributed by atoms with Gasteiger partial charge in [-0.25, -0.2) is 0 Å². The highest BCUT2D eigenvalue weighted by Crippen LogP contribution is 2.33. The zero-order valence-electron chi connectivity index (χ0n) is 16.6. The van der Waals surface area contributed by atoms with Gasteiger partial charge in [-0.05, 0) is 72.0 Å². The largest absolute Gasteiger partial charge is 0.322 e. The van der Waals surface area contributed by atoms with Crippen LogP contribution in [-0.4, -0.2) is 17.1 Å². The van der Waals surface area contributed by atoms with E-state index in [1.807, 2.05) is 73.0 Å². The van der Waals surface area contributed by atoms with Gasteiger partial charge in [-0.1, -0.05) is 47.5 Å². The molecule has 0 aliphatic heterocycles. The second-order valence-corrected chi connectivity index (χ2v) is 8.48. The van der Waals surface area contributed by atoms with E-state index in [9.17, 15) is 4.79 Å². The lowest BCUT2D eigenvalue weighted by molar-refractivity contribution is 0.102. The number of amides is 1. The van der Waals surface area contributed by atoms with Crippen LogP contribution in [0.5, 0.6) is 0 Å². The summed E-state index contributed by atoms with van der Waals surface area (Å²) in [6, 6.07) is 24.5. The summed E-state index contributed by atoms with van der Waals surface area (Å²) in [5.74, 6) is -0.202. The minimum absolute atomic E-state index is 0.202. The number of anilines is 1. The van der Waals surface area contributed by atoms with Crippen LogP contribution in [0.25, 0.3) is 22.4 Å². The van der Waals surface area contributed by atoms with E-state index in [4.69, 9.17) is 23.2 Å². The fourth-order valence-corrected chi connectivity index (χ4v) is 3.98. The number of hydrogen-bond acceptors (Lipinski definition) is 3. The molecular formula is C25H18Cl2N2OS. The van der Waals surface area contributed by atoms with Gasteiger partial charge in [-0.2, -0.15) is 0 Å². The van der Waals surface area contributed by atoms with Gasteiger partial charge in [-0.15, -0.1) is 11.8 Å². The molecule has 1 N–H and O–H groups in total. The van der Waals surface area contributed by atoms with Crippen molar-refractivity contribution in [1.82, 2.24) is 4.98 Å². The highest BCUT2D eigenvalue weighted by molar-refractivity contribution is 7.98. The van der Waals surface area contributed by atoms with Crippen LogP contribution in [-0.2, 0) is 0 Å². The minimum atomic E-state index is -0.202. The molecule has 1 heterocycles. The fourth-order valence-electron chi connectivity index (χ4n) is 3.24. The summed E-state index contributed by atoms with van der Waals surface area (Å²) in [6.45, 7) is 0. The maximum absolute atomic E-state index is 13.2. The first-order chi connectivity index (χ1) is 15.0. The van der Waals surface area contributed by atoms with E-state index < -0.39 is 0 Å². The van der Waals surface area contributed by atoms with Crippen molar-refractivity contribution in [1.29, 1.82) is 0 Å². The van der Waals surface area contributed by atoms with E-state index in [2.05, 4.69) is 10.3 Å². The van der Waals surface area contributed by atoms with Crippen molar-refractivity contribution < 1.29 is 4.79 Å². The highest BCUT2D eigenvalue weighted by Gasteiger charge is 2.15. The Labute approximate surface area is 195 Å². The Kier molecular flexibility index (Phi) is 6.62. The smallest absolute Gasteiger partial charge is 0.256 e. The van der Waals surface area contributed by atoms with E-state index >= 15 is 0 Å². The molecule has 0 fully saturated rings. The SMILES string of the molecule is CSc1ccc(C(=O)Nc2cccc(-c3ccccn3)c2)c(-c2ccc(Cl)c(Cl)c2)c1. The first-order valence-corrected chi connectivity index (χ1v) is 11.5. The Morgan fingerprint density at radius 1 is 0.871 bits per heavy atom. The van der Waals surface area contributed by atoms with Gasteiger partial charge in [0.05, 0.1) is 15.7 Å². The van der Waals surface area contributed by atoms with Gasteiger partial charge >= 0.3 is 0 Å². The monoisotopic (exact) mass is 464 g/mol. The van der Waals surface area contributed by atoms with Crippen LogP contribution >= 0.6 is 35.0 Å². The Balaban J connectivity index is 1.68. The molecule has 0 unspecified atom stereocenters. The standard InChI is InChI=1S/C25H18Cl2N2OS/c1-31-19-9-10-20(21(15-19)16-8-11-22(26)23(27)14-16)25(30)29-18-6-4-5-17(13-18)24-7-2-3-12-28-24/h2-15H,1H3,(H,29,30). The van der Waals surface area contributed by atoms with Crippen molar-refractivity contribution in [2.75, 3.05) is 11.6 Å². The van der Waals surface area contributed by atoms with Gasteiger partial charge in [0.25, 0.3) is 5.91 Å². The third-order valence-corrected chi connectivity index (χ3v) is 6.25. The van der Waals surface area contributed by atoms with E-state index in [0.717, 1.165) is 27.3 Å². The molecule has 4 aromatic rings. The van der Waals surface area contributed by atoms with E-state index in [0.29, 0.717) is 21.3 Å². The Morgan fingerprint density at radius 3 is 2.48 bits per heavy atom. The molecule has 0 aliphatic rings. The molecule has 31 heavy (non-hydrogen) atoms. The molecule has 6 heteroatoms. The summed E-state index contributed by atoms with van der Waals surface area (Å²) < 4.78 is 0. The average Bonchev–Trinajstić information content (AvgIpc) is 2.81. The van der Waals surface area contributed by atoms with Gasteiger partial charge in [0, 0.05) is 27.9 Å². The van der Waals surface area contributed by atoms with Crippen molar-refractivity contribution in [3.8, 4) is 22.4 Å². The molecule has 3 nitrogen and oxygen atoms in total. The van der Waals surface area contributed by atoms with Crippen molar-refractivity contribution in [3.63, 3.8) is 0 Å². The van der Waals surface area contributed by atoms with Gasteiger partial charge in [0.15, 0.2) is 0 Å². The zero-order chi connectivity index (χ0) is 21.8. The molecular weight excluding hydrogens is 447 g/mol. The lowest BCUT2D eigenvalue weighted by Crippen LogP contribution is -2.13. The Morgan fingerprint density at radius 2 is 1.74 bits per heavy atom. The van der Waals surface area contributed by atoms with Crippen LogP contribution in [0.2, 0.25) is 10.0 Å². The molecule has 0 saturated carbocycles. The second-order valence-electron chi connectivity index (χ2n) is 6.79. The van der Waals surface area contributed by atoms with Crippen molar-refractivity contribution in [3.05, 3.63) is 101 Å². The number of nitrogens with one attached hydrogen (secondary N) is 1. The topological polar surface area (TPSA) is 42.0 Å². The predicted octanol–water partition coefficient (Wildman–Crippen LogP) is 7.70. The summed E-state index contributed by atoms with van der Waals surface area (Å²) in [5.41, 5.74) is 4.66. The Hall–Kier alpha value is -2.79. The molecule has 1 aromatic heterocycles. The number of nitrogens with zero attached hydrogens (tertiary/aromatic N) is 1. The molecule has 4 rings (SSSR count). The average molecular weight is 465 g/mol.